The Morgan fingerprint density at radius 2 is 1.96 bits per heavy atom. The minimum atomic E-state index is -0.704. The number of likely N-dealkylation sites (tertiary alicyclic amines) is 2. The van der Waals surface area contributed by atoms with Crippen molar-refractivity contribution in [1.29, 1.82) is 0 Å². The summed E-state index contributed by atoms with van der Waals surface area (Å²) in [5, 5.41) is 9.80. The maximum Gasteiger partial charge on any atom is 0.311 e. The number of carboxylic acids is 1. The Balaban J connectivity index is 1.72. The molecule has 0 bridgehead atoms. The first-order valence-corrected chi connectivity index (χ1v) is 8.66. The first-order chi connectivity index (χ1) is 11.4. The Labute approximate surface area is 143 Å². The molecule has 1 aromatic carbocycles. The number of carbonyl (C=O) groups excluding carboxylic acids is 1. The maximum absolute atomic E-state index is 12.7. The van der Waals surface area contributed by atoms with E-state index in [1.54, 1.807) is 0 Å². The largest absolute Gasteiger partial charge is 0.481 e. The van der Waals surface area contributed by atoms with Crippen LogP contribution in [-0.2, 0) is 16.0 Å². The number of aliphatic carboxylic acids is 1. The zero-order valence-electron chi connectivity index (χ0n) is 14.5. The van der Waals surface area contributed by atoms with E-state index in [0.29, 0.717) is 32.5 Å². The fourth-order valence-corrected chi connectivity index (χ4v) is 4.25. The van der Waals surface area contributed by atoms with Gasteiger partial charge in [0.25, 0.3) is 0 Å². The van der Waals surface area contributed by atoms with Gasteiger partial charge in [0.2, 0.25) is 5.91 Å². The maximum atomic E-state index is 12.7. The number of fused-ring (bicyclic) bond motifs is 1. The molecule has 2 atom stereocenters. The highest BCUT2D eigenvalue weighted by molar-refractivity contribution is 5.80. The number of benzene rings is 1. The predicted octanol–water partition coefficient (Wildman–Crippen LogP) is 1.79. The zero-order valence-corrected chi connectivity index (χ0v) is 14.5. The van der Waals surface area contributed by atoms with Crippen molar-refractivity contribution in [3.63, 3.8) is 0 Å². The van der Waals surface area contributed by atoms with Crippen LogP contribution in [-0.4, -0.2) is 60.0 Å². The Kier molecular flexibility index (Phi) is 4.63. The van der Waals surface area contributed by atoms with Crippen LogP contribution in [0.5, 0.6) is 0 Å². The minimum Gasteiger partial charge on any atom is -0.481 e. The number of carboxylic acid groups (broad SMARTS) is 1. The van der Waals surface area contributed by atoms with Crippen LogP contribution in [0.2, 0.25) is 0 Å². The molecule has 2 heterocycles. The third-order valence-electron chi connectivity index (χ3n) is 5.61. The second-order valence-electron chi connectivity index (χ2n) is 7.46. The summed E-state index contributed by atoms with van der Waals surface area (Å²) < 4.78 is 0. The topological polar surface area (TPSA) is 60.9 Å². The second-order valence-corrected chi connectivity index (χ2v) is 7.46. The molecule has 2 fully saturated rings. The van der Waals surface area contributed by atoms with Crippen LogP contribution < -0.4 is 0 Å². The SMILES string of the molecule is Cc1ccc(CC(=O)N2CCC[C@]3(C(=O)O)CN(C)C[C@@H]3C2)cc1. The highest BCUT2D eigenvalue weighted by atomic mass is 16.4. The molecule has 130 valence electrons. The van der Waals surface area contributed by atoms with Gasteiger partial charge in [-0.2, -0.15) is 0 Å². The molecule has 1 amide bonds. The summed E-state index contributed by atoms with van der Waals surface area (Å²) in [6, 6.07) is 8.03. The summed E-state index contributed by atoms with van der Waals surface area (Å²) in [5.41, 5.74) is 1.51. The molecule has 24 heavy (non-hydrogen) atoms. The number of carbonyl (C=O) groups is 2. The molecule has 0 spiro atoms. The second kappa shape index (κ2) is 6.55. The molecule has 0 aromatic heterocycles. The monoisotopic (exact) mass is 330 g/mol. The smallest absolute Gasteiger partial charge is 0.311 e. The summed E-state index contributed by atoms with van der Waals surface area (Å²) in [5.74, 6) is -0.580. The van der Waals surface area contributed by atoms with Gasteiger partial charge in [-0.15, -0.1) is 0 Å². The average Bonchev–Trinajstić information content (AvgIpc) is 2.74. The number of amides is 1. The quantitative estimate of drug-likeness (QED) is 0.918. The van der Waals surface area contributed by atoms with Gasteiger partial charge >= 0.3 is 5.97 Å². The Hall–Kier alpha value is -1.88. The van der Waals surface area contributed by atoms with Crippen molar-refractivity contribution >= 4 is 11.9 Å². The first kappa shape index (κ1) is 17.0. The number of nitrogens with zero attached hydrogens (tertiary/aromatic N) is 2. The summed E-state index contributed by atoms with van der Waals surface area (Å²) >= 11 is 0. The fraction of sp³-hybridized carbons (Fsp3) is 0.579. The summed E-state index contributed by atoms with van der Waals surface area (Å²) in [7, 11) is 1.97. The van der Waals surface area contributed by atoms with Crippen LogP contribution in [0.3, 0.4) is 0 Å². The van der Waals surface area contributed by atoms with Crippen molar-refractivity contribution in [2.45, 2.75) is 26.2 Å². The lowest BCUT2D eigenvalue weighted by Crippen LogP contribution is -2.43. The zero-order chi connectivity index (χ0) is 17.3. The standard InChI is InChI=1S/C19H26N2O3/c1-14-4-6-15(7-5-14)10-17(22)21-9-3-8-19(18(23)24)13-20(2)11-16(19)12-21/h4-7,16H,3,8-13H2,1-2H3,(H,23,24)/t16-,19+/m1/s1. The highest BCUT2D eigenvalue weighted by Gasteiger charge is 2.52. The van der Waals surface area contributed by atoms with Crippen LogP contribution in [0.4, 0.5) is 0 Å². The van der Waals surface area contributed by atoms with E-state index in [1.165, 1.54) is 5.56 Å². The Bertz CT molecular complexity index is 628. The molecule has 5 heteroatoms. The van der Waals surface area contributed by atoms with E-state index >= 15 is 0 Å². The number of rotatable bonds is 3. The van der Waals surface area contributed by atoms with Crippen LogP contribution in [0.1, 0.15) is 24.0 Å². The number of hydrogen-bond acceptors (Lipinski definition) is 3. The number of hydrogen-bond donors (Lipinski definition) is 1. The van der Waals surface area contributed by atoms with Gasteiger partial charge < -0.3 is 14.9 Å². The molecule has 2 aliphatic rings. The van der Waals surface area contributed by atoms with E-state index in [0.717, 1.165) is 18.5 Å². The predicted molar refractivity (Wildman–Crippen MR) is 91.8 cm³/mol. The molecule has 2 aliphatic heterocycles. The third-order valence-corrected chi connectivity index (χ3v) is 5.61. The molecule has 3 rings (SSSR count). The molecular formula is C19H26N2O3. The van der Waals surface area contributed by atoms with Gasteiger partial charge in [-0.25, -0.2) is 0 Å². The summed E-state index contributed by atoms with van der Waals surface area (Å²) in [6.45, 7) is 4.59. The van der Waals surface area contributed by atoms with Crippen LogP contribution >= 0.6 is 0 Å². The first-order valence-electron chi connectivity index (χ1n) is 8.66. The van der Waals surface area contributed by atoms with Gasteiger partial charge in [0, 0.05) is 32.1 Å². The minimum absolute atomic E-state index is 0.0180. The van der Waals surface area contributed by atoms with E-state index in [-0.39, 0.29) is 11.8 Å². The van der Waals surface area contributed by atoms with Crippen LogP contribution in [0, 0.1) is 18.3 Å². The van der Waals surface area contributed by atoms with E-state index in [4.69, 9.17) is 0 Å². The van der Waals surface area contributed by atoms with Gasteiger partial charge in [0.15, 0.2) is 0 Å². The van der Waals surface area contributed by atoms with Crippen LogP contribution in [0.15, 0.2) is 24.3 Å². The van der Waals surface area contributed by atoms with E-state index in [1.807, 2.05) is 43.1 Å². The fourth-order valence-electron chi connectivity index (χ4n) is 4.25. The van der Waals surface area contributed by atoms with Crippen molar-refractivity contribution in [2.75, 3.05) is 33.2 Å². The van der Waals surface area contributed by atoms with Gasteiger partial charge in [0.1, 0.15) is 0 Å². The Morgan fingerprint density at radius 1 is 1.25 bits per heavy atom. The summed E-state index contributed by atoms with van der Waals surface area (Å²) in [4.78, 5) is 28.6. The lowest BCUT2D eigenvalue weighted by molar-refractivity contribution is -0.151. The van der Waals surface area contributed by atoms with Crippen molar-refractivity contribution in [3.05, 3.63) is 35.4 Å². The molecule has 1 aromatic rings. The van der Waals surface area contributed by atoms with E-state index < -0.39 is 11.4 Å². The van der Waals surface area contributed by atoms with E-state index in [2.05, 4.69) is 4.90 Å². The molecule has 0 saturated carbocycles. The van der Waals surface area contributed by atoms with Gasteiger partial charge in [0.05, 0.1) is 11.8 Å². The summed E-state index contributed by atoms with van der Waals surface area (Å²) in [6.07, 6.45) is 1.81. The lowest BCUT2D eigenvalue weighted by atomic mass is 9.75. The van der Waals surface area contributed by atoms with Gasteiger partial charge in [-0.05, 0) is 32.4 Å². The van der Waals surface area contributed by atoms with Crippen molar-refractivity contribution in [1.82, 2.24) is 9.80 Å². The normalized spacial score (nSPS) is 27.6. The van der Waals surface area contributed by atoms with Crippen molar-refractivity contribution in [2.24, 2.45) is 11.3 Å². The number of aryl methyl sites for hydroxylation is 1. The molecule has 0 unspecified atom stereocenters. The molecule has 0 radical (unpaired) electrons. The molecule has 2 saturated heterocycles. The van der Waals surface area contributed by atoms with Crippen LogP contribution in [0.25, 0.3) is 0 Å². The third kappa shape index (κ3) is 3.18. The van der Waals surface area contributed by atoms with Crippen molar-refractivity contribution in [3.8, 4) is 0 Å². The van der Waals surface area contributed by atoms with E-state index in [9.17, 15) is 14.7 Å². The Morgan fingerprint density at radius 3 is 2.62 bits per heavy atom. The molecular weight excluding hydrogens is 304 g/mol. The molecule has 5 nitrogen and oxygen atoms in total. The van der Waals surface area contributed by atoms with Crippen molar-refractivity contribution < 1.29 is 14.7 Å². The average molecular weight is 330 g/mol. The molecule has 0 aliphatic carbocycles. The molecule has 1 N–H and O–H groups in total. The van der Waals surface area contributed by atoms with Gasteiger partial charge in [-0.1, -0.05) is 29.8 Å². The van der Waals surface area contributed by atoms with Gasteiger partial charge in [-0.3, -0.25) is 9.59 Å². The highest BCUT2D eigenvalue weighted by Crippen LogP contribution is 2.42. The lowest BCUT2D eigenvalue weighted by Gasteiger charge is -2.29.